The summed E-state index contributed by atoms with van der Waals surface area (Å²) in [6, 6.07) is 0. The molecule has 0 aromatic heterocycles. The van der Waals surface area contributed by atoms with Gasteiger partial charge in [-0.1, -0.05) is 5.57 Å². The topological polar surface area (TPSA) is 52.6 Å². The van der Waals surface area contributed by atoms with Crippen molar-refractivity contribution in [2.45, 2.75) is 13.3 Å². The van der Waals surface area contributed by atoms with Crippen molar-refractivity contribution in [1.29, 1.82) is 0 Å². The maximum atomic E-state index is 10.6. The molecular weight excluding hydrogens is 160 g/mol. The predicted molar refractivity (Wildman–Crippen MR) is 42.4 cm³/mol. The molecule has 4 heteroatoms. The molecule has 0 atom stereocenters. The van der Waals surface area contributed by atoms with Gasteiger partial charge in [0.15, 0.2) is 0 Å². The first-order valence-corrected chi connectivity index (χ1v) is 3.47. The lowest BCUT2D eigenvalue weighted by atomic mass is 10.3. The van der Waals surface area contributed by atoms with Crippen molar-refractivity contribution in [1.82, 2.24) is 0 Å². The molecule has 0 aliphatic rings. The zero-order valence-electron chi connectivity index (χ0n) is 7.25. The number of carbonyl (C=O) groups is 2. The molecule has 0 spiro atoms. The molecule has 0 aromatic rings. The van der Waals surface area contributed by atoms with Gasteiger partial charge in [-0.05, 0) is 6.92 Å². The van der Waals surface area contributed by atoms with Gasteiger partial charge in [-0.25, -0.2) is 9.59 Å². The number of ether oxygens (including phenoxy) is 2. The fourth-order valence-corrected chi connectivity index (χ4v) is 0.460. The van der Waals surface area contributed by atoms with Gasteiger partial charge in [-0.15, -0.1) is 6.58 Å². The molecule has 0 bridgehead atoms. The summed E-state index contributed by atoms with van der Waals surface area (Å²) in [5.74, 6) is -1.93. The quantitative estimate of drug-likeness (QED) is 0.356. The van der Waals surface area contributed by atoms with Crippen LogP contribution >= 0.6 is 0 Å². The van der Waals surface area contributed by atoms with E-state index in [0.717, 1.165) is 12.7 Å². The Labute approximate surface area is 71.2 Å². The largest absolute Gasteiger partial charge is 0.461 e. The third-order valence-electron chi connectivity index (χ3n) is 1.11. The minimum Gasteiger partial charge on any atom is -0.461 e. The van der Waals surface area contributed by atoms with Gasteiger partial charge in [0.25, 0.3) is 0 Å². The third-order valence-corrected chi connectivity index (χ3v) is 1.11. The smallest absolute Gasteiger partial charge is 0.417 e. The van der Waals surface area contributed by atoms with Crippen molar-refractivity contribution < 1.29 is 19.1 Å². The van der Waals surface area contributed by atoms with Gasteiger partial charge in [0, 0.05) is 6.42 Å². The summed E-state index contributed by atoms with van der Waals surface area (Å²) < 4.78 is 8.66. The van der Waals surface area contributed by atoms with Crippen molar-refractivity contribution in [2.75, 3.05) is 13.7 Å². The first-order valence-electron chi connectivity index (χ1n) is 3.47. The number of methoxy groups -OCH3 is 1. The van der Waals surface area contributed by atoms with Crippen LogP contribution in [0.1, 0.15) is 13.3 Å². The Balaban J connectivity index is 3.58. The lowest BCUT2D eigenvalue weighted by molar-refractivity contribution is -0.165. The van der Waals surface area contributed by atoms with E-state index in [0.29, 0.717) is 6.42 Å². The van der Waals surface area contributed by atoms with E-state index in [1.54, 1.807) is 0 Å². The number of hydrogen-bond donors (Lipinski definition) is 0. The minimum atomic E-state index is -0.975. The van der Waals surface area contributed by atoms with Crippen LogP contribution in [-0.2, 0) is 19.1 Å². The van der Waals surface area contributed by atoms with Gasteiger partial charge in [-0.3, -0.25) is 0 Å². The Morgan fingerprint density at radius 1 is 1.33 bits per heavy atom. The molecule has 0 saturated carbocycles. The van der Waals surface area contributed by atoms with Crippen LogP contribution in [0.4, 0.5) is 0 Å². The second kappa shape index (κ2) is 5.35. The van der Waals surface area contributed by atoms with Crippen LogP contribution < -0.4 is 0 Å². The number of hydrogen-bond acceptors (Lipinski definition) is 4. The first kappa shape index (κ1) is 10.7. The SMILES string of the molecule is C=C(C)CCOC(=O)C(=O)OC. The maximum Gasteiger partial charge on any atom is 0.417 e. The fraction of sp³-hybridized carbons (Fsp3) is 0.500. The molecule has 4 nitrogen and oxygen atoms in total. The number of rotatable bonds is 3. The molecule has 0 radical (unpaired) electrons. The van der Waals surface area contributed by atoms with Crippen LogP contribution in [0.5, 0.6) is 0 Å². The van der Waals surface area contributed by atoms with Crippen molar-refractivity contribution in [2.24, 2.45) is 0 Å². The fourth-order valence-electron chi connectivity index (χ4n) is 0.460. The zero-order chi connectivity index (χ0) is 9.56. The summed E-state index contributed by atoms with van der Waals surface area (Å²) in [4.78, 5) is 21.1. The van der Waals surface area contributed by atoms with E-state index in [1.807, 2.05) is 6.92 Å². The average molecular weight is 172 g/mol. The highest BCUT2D eigenvalue weighted by Crippen LogP contribution is 1.95. The molecule has 0 aliphatic carbocycles. The summed E-state index contributed by atoms with van der Waals surface area (Å²) in [5, 5.41) is 0. The molecule has 0 unspecified atom stereocenters. The summed E-state index contributed by atoms with van der Waals surface area (Å²) in [7, 11) is 1.13. The second-order valence-electron chi connectivity index (χ2n) is 2.33. The molecule has 0 heterocycles. The van der Waals surface area contributed by atoms with Gasteiger partial charge in [-0.2, -0.15) is 0 Å². The molecule has 0 saturated heterocycles. The normalized spacial score (nSPS) is 8.83. The highest BCUT2D eigenvalue weighted by Gasteiger charge is 2.14. The Bertz CT molecular complexity index is 195. The monoisotopic (exact) mass is 172 g/mol. The van der Waals surface area contributed by atoms with Crippen molar-refractivity contribution in [3.05, 3.63) is 12.2 Å². The molecule has 0 rings (SSSR count). The van der Waals surface area contributed by atoms with Crippen LogP contribution in [-0.4, -0.2) is 25.7 Å². The van der Waals surface area contributed by atoms with Gasteiger partial charge in [0.05, 0.1) is 13.7 Å². The highest BCUT2D eigenvalue weighted by atomic mass is 16.6. The van der Waals surface area contributed by atoms with E-state index in [-0.39, 0.29) is 6.61 Å². The standard InChI is InChI=1S/C8H12O4/c1-6(2)4-5-12-8(10)7(9)11-3/h1,4-5H2,2-3H3. The lowest BCUT2D eigenvalue weighted by Gasteiger charge is -2.01. The van der Waals surface area contributed by atoms with E-state index in [4.69, 9.17) is 0 Å². The van der Waals surface area contributed by atoms with E-state index in [1.165, 1.54) is 0 Å². The molecule has 0 aromatic carbocycles. The summed E-state index contributed by atoms with van der Waals surface area (Å²) >= 11 is 0. The minimum absolute atomic E-state index is 0.170. The molecule has 12 heavy (non-hydrogen) atoms. The zero-order valence-corrected chi connectivity index (χ0v) is 7.25. The van der Waals surface area contributed by atoms with Gasteiger partial charge < -0.3 is 9.47 Å². The van der Waals surface area contributed by atoms with Crippen LogP contribution in [0.15, 0.2) is 12.2 Å². The molecule has 0 N–H and O–H groups in total. The summed E-state index contributed by atoms with van der Waals surface area (Å²) in [5.41, 5.74) is 0.896. The summed E-state index contributed by atoms with van der Waals surface area (Å²) in [6.45, 7) is 5.59. The lowest BCUT2D eigenvalue weighted by Crippen LogP contribution is -2.19. The van der Waals surface area contributed by atoms with E-state index >= 15 is 0 Å². The Hall–Kier alpha value is -1.32. The number of esters is 2. The van der Waals surface area contributed by atoms with E-state index < -0.39 is 11.9 Å². The third kappa shape index (κ3) is 4.49. The van der Waals surface area contributed by atoms with Crippen molar-refractivity contribution >= 4 is 11.9 Å². The van der Waals surface area contributed by atoms with Gasteiger partial charge >= 0.3 is 11.9 Å². The average Bonchev–Trinajstić information content (AvgIpc) is 2.02. The van der Waals surface area contributed by atoms with E-state index in [9.17, 15) is 9.59 Å². The second-order valence-corrected chi connectivity index (χ2v) is 2.33. The highest BCUT2D eigenvalue weighted by molar-refractivity contribution is 6.29. The molecule has 0 aliphatic heterocycles. The number of carbonyl (C=O) groups excluding carboxylic acids is 2. The Morgan fingerprint density at radius 2 is 1.92 bits per heavy atom. The van der Waals surface area contributed by atoms with Crippen LogP contribution in [0.2, 0.25) is 0 Å². The Kier molecular flexibility index (Phi) is 4.76. The van der Waals surface area contributed by atoms with Crippen LogP contribution in [0.3, 0.4) is 0 Å². The van der Waals surface area contributed by atoms with Crippen molar-refractivity contribution in [3.8, 4) is 0 Å². The van der Waals surface area contributed by atoms with Crippen molar-refractivity contribution in [3.63, 3.8) is 0 Å². The summed E-state index contributed by atoms with van der Waals surface area (Å²) in [6.07, 6.45) is 0.558. The molecular formula is C8H12O4. The van der Waals surface area contributed by atoms with Gasteiger partial charge in [0.1, 0.15) is 0 Å². The maximum absolute atomic E-state index is 10.6. The Morgan fingerprint density at radius 3 is 2.33 bits per heavy atom. The molecule has 68 valence electrons. The van der Waals surface area contributed by atoms with Crippen LogP contribution in [0, 0.1) is 0 Å². The van der Waals surface area contributed by atoms with Crippen LogP contribution in [0.25, 0.3) is 0 Å². The molecule has 0 fully saturated rings. The first-order chi connectivity index (χ1) is 5.57. The van der Waals surface area contributed by atoms with Gasteiger partial charge in [0.2, 0.25) is 0 Å². The molecule has 0 amide bonds. The predicted octanol–water partition coefficient (Wildman–Crippen LogP) is 0.669. The van der Waals surface area contributed by atoms with E-state index in [2.05, 4.69) is 16.1 Å².